The monoisotopic (exact) mass is 705 g/mol. The first kappa shape index (κ1) is 33.8. The number of carbonyl (C=O) groups excluding carboxylic acids is 2. The second-order valence-corrected chi connectivity index (χ2v) is 14.7. The molecule has 1 saturated heterocycles. The van der Waals surface area contributed by atoms with Gasteiger partial charge in [-0.15, -0.1) is 10.2 Å². The first-order valence-electron chi connectivity index (χ1n) is 15.8. The van der Waals surface area contributed by atoms with Gasteiger partial charge in [0.1, 0.15) is 17.6 Å². The summed E-state index contributed by atoms with van der Waals surface area (Å²) in [6, 6.07) is 17.2. The fraction of sp³-hybridized carbons (Fsp3) is 0.333. The van der Waals surface area contributed by atoms with Crippen LogP contribution in [0, 0.1) is 5.92 Å². The maximum atomic E-state index is 13.9. The van der Waals surface area contributed by atoms with Crippen LogP contribution in [0.3, 0.4) is 0 Å². The van der Waals surface area contributed by atoms with E-state index in [4.69, 9.17) is 25.8 Å². The van der Waals surface area contributed by atoms with Crippen molar-refractivity contribution < 1.29 is 28.9 Å². The number of thioether (sulfide) groups is 1. The average Bonchev–Trinajstić information content (AvgIpc) is 3.75. The van der Waals surface area contributed by atoms with Gasteiger partial charge in [-0.25, -0.2) is 0 Å². The number of rotatable bonds is 12. The maximum Gasteiger partial charge on any atom is 0.301 e. The van der Waals surface area contributed by atoms with E-state index >= 15 is 0 Å². The van der Waals surface area contributed by atoms with Gasteiger partial charge in [0, 0.05) is 22.8 Å². The smallest absolute Gasteiger partial charge is 0.301 e. The topological polar surface area (TPSA) is 111 Å². The second-order valence-electron chi connectivity index (χ2n) is 12.1. The van der Waals surface area contributed by atoms with Crippen molar-refractivity contribution in [2.45, 2.75) is 62.8 Å². The minimum absolute atomic E-state index is 0.00500. The number of ether oxygens (including phenoxy) is 3. The number of halogens is 1. The molecule has 1 aromatic heterocycles. The van der Waals surface area contributed by atoms with E-state index in [0.29, 0.717) is 63.3 Å². The normalized spacial score (nSPS) is 18.3. The molecule has 1 amide bonds. The van der Waals surface area contributed by atoms with Gasteiger partial charge in [0.05, 0.1) is 24.8 Å². The van der Waals surface area contributed by atoms with E-state index in [0.717, 1.165) is 23.3 Å². The lowest BCUT2D eigenvalue weighted by Crippen LogP contribution is -2.29. The molecule has 6 rings (SSSR count). The van der Waals surface area contributed by atoms with Crippen LogP contribution in [0.15, 0.2) is 70.6 Å². The molecular formula is C36H36ClN3O6S2. The molecular weight excluding hydrogens is 670 g/mol. The van der Waals surface area contributed by atoms with Gasteiger partial charge in [-0.3, -0.25) is 14.5 Å². The molecule has 2 aliphatic rings. The van der Waals surface area contributed by atoms with Crippen LogP contribution in [-0.2, 0) is 21.8 Å². The summed E-state index contributed by atoms with van der Waals surface area (Å²) in [7, 11) is 0. The maximum absolute atomic E-state index is 13.9. The minimum atomic E-state index is -1.00. The Kier molecular flexibility index (Phi) is 10.3. The number of Topliss-reactive ketones (excluding diaryl/α,β-unsaturated/α-hetero) is 1. The summed E-state index contributed by atoms with van der Waals surface area (Å²) < 4.78 is 18.5. The zero-order valence-electron chi connectivity index (χ0n) is 27.1. The van der Waals surface area contributed by atoms with Crippen molar-refractivity contribution in [1.29, 1.82) is 0 Å². The van der Waals surface area contributed by atoms with Crippen LogP contribution in [-0.4, -0.2) is 46.3 Å². The van der Waals surface area contributed by atoms with E-state index in [1.54, 1.807) is 30.3 Å². The lowest BCUT2D eigenvalue weighted by atomic mass is 9.94. The number of amides is 1. The molecule has 2 aliphatic heterocycles. The Balaban J connectivity index is 1.40. The molecule has 0 bridgehead atoms. The molecule has 0 radical (unpaired) electrons. The highest BCUT2D eigenvalue weighted by atomic mass is 35.5. The van der Waals surface area contributed by atoms with Crippen LogP contribution in [0.25, 0.3) is 5.76 Å². The summed E-state index contributed by atoms with van der Waals surface area (Å²) in [6.07, 6.45) is 1.55. The van der Waals surface area contributed by atoms with Gasteiger partial charge < -0.3 is 19.3 Å². The second kappa shape index (κ2) is 14.6. The number of aromatic nitrogens is 2. The number of hydrogen-bond donors (Lipinski definition) is 1. The number of hydrogen-bond acceptors (Lipinski definition) is 10. The van der Waals surface area contributed by atoms with Gasteiger partial charge in [-0.05, 0) is 85.3 Å². The molecule has 48 heavy (non-hydrogen) atoms. The van der Waals surface area contributed by atoms with Crippen molar-refractivity contribution in [2.75, 3.05) is 18.1 Å². The third kappa shape index (κ3) is 7.18. The fourth-order valence-corrected chi connectivity index (χ4v) is 7.59. The van der Waals surface area contributed by atoms with Gasteiger partial charge in [0.25, 0.3) is 5.78 Å². The number of carbonyl (C=O) groups is 2. The Bertz CT molecular complexity index is 1860. The van der Waals surface area contributed by atoms with E-state index in [1.165, 1.54) is 28.0 Å². The predicted octanol–water partition coefficient (Wildman–Crippen LogP) is 8.26. The summed E-state index contributed by atoms with van der Waals surface area (Å²) in [4.78, 5) is 29.0. The molecule has 9 nitrogen and oxygen atoms in total. The van der Waals surface area contributed by atoms with Gasteiger partial charge in [-0.1, -0.05) is 66.7 Å². The average molecular weight is 706 g/mol. The Morgan fingerprint density at radius 1 is 1.08 bits per heavy atom. The molecule has 12 heteroatoms. The van der Waals surface area contributed by atoms with Crippen molar-refractivity contribution in [1.82, 2.24) is 10.2 Å². The predicted molar refractivity (Wildman–Crippen MR) is 189 cm³/mol. The number of aliphatic hydroxyl groups is 1. The van der Waals surface area contributed by atoms with Crippen molar-refractivity contribution in [3.8, 4) is 17.2 Å². The first-order valence-corrected chi connectivity index (χ1v) is 18.0. The molecule has 0 saturated carbocycles. The van der Waals surface area contributed by atoms with Crippen LogP contribution in [0.1, 0.15) is 62.4 Å². The summed E-state index contributed by atoms with van der Waals surface area (Å²) in [5.41, 5.74) is 2.90. The van der Waals surface area contributed by atoms with Crippen LogP contribution < -0.4 is 19.1 Å². The van der Waals surface area contributed by atoms with E-state index in [-0.39, 0.29) is 22.6 Å². The van der Waals surface area contributed by atoms with E-state index in [9.17, 15) is 14.7 Å². The zero-order chi connectivity index (χ0) is 33.9. The van der Waals surface area contributed by atoms with Crippen molar-refractivity contribution >= 4 is 57.3 Å². The molecule has 3 heterocycles. The Morgan fingerprint density at radius 2 is 1.88 bits per heavy atom. The van der Waals surface area contributed by atoms with Crippen LogP contribution in [0.5, 0.6) is 17.2 Å². The summed E-state index contributed by atoms with van der Waals surface area (Å²) in [5, 5.41) is 21.3. The van der Waals surface area contributed by atoms with Crippen LogP contribution >= 0.6 is 34.7 Å². The largest absolute Gasteiger partial charge is 0.507 e. The summed E-state index contributed by atoms with van der Waals surface area (Å²) >= 11 is 8.70. The van der Waals surface area contributed by atoms with Crippen LogP contribution in [0.2, 0.25) is 5.02 Å². The number of anilines is 1. The van der Waals surface area contributed by atoms with E-state index in [1.807, 2.05) is 44.2 Å². The third-order valence-electron chi connectivity index (χ3n) is 8.03. The van der Waals surface area contributed by atoms with Gasteiger partial charge in [0.2, 0.25) is 5.13 Å². The quantitative estimate of drug-likeness (QED) is 0.0512. The van der Waals surface area contributed by atoms with E-state index < -0.39 is 17.7 Å². The van der Waals surface area contributed by atoms with Gasteiger partial charge in [-0.2, -0.15) is 0 Å². The summed E-state index contributed by atoms with van der Waals surface area (Å²) in [5.74, 6) is 0.957. The van der Waals surface area contributed by atoms with Crippen molar-refractivity contribution in [3.05, 3.63) is 93.5 Å². The zero-order valence-corrected chi connectivity index (χ0v) is 29.5. The van der Waals surface area contributed by atoms with Crippen LogP contribution in [0.4, 0.5) is 5.13 Å². The van der Waals surface area contributed by atoms with Crippen molar-refractivity contribution in [2.24, 2.45) is 5.92 Å². The lowest BCUT2D eigenvalue weighted by molar-refractivity contribution is -0.132. The number of ketones is 1. The number of benzene rings is 3. The summed E-state index contributed by atoms with van der Waals surface area (Å²) in [6.45, 7) is 8.99. The van der Waals surface area contributed by atoms with Crippen molar-refractivity contribution in [3.63, 3.8) is 0 Å². The highest BCUT2D eigenvalue weighted by molar-refractivity contribution is 8.00. The number of aliphatic hydroxyl groups excluding tert-OH is 1. The molecule has 0 unspecified atom stereocenters. The molecule has 250 valence electrons. The van der Waals surface area contributed by atoms with Gasteiger partial charge in [0.15, 0.2) is 15.8 Å². The minimum Gasteiger partial charge on any atom is -0.507 e. The Hall–Kier alpha value is -4.06. The highest BCUT2D eigenvalue weighted by Gasteiger charge is 2.48. The number of nitrogens with zero attached hydrogens (tertiary/aromatic N) is 3. The lowest BCUT2D eigenvalue weighted by Gasteiger charge is -2.24. The first-order chi connectivity index (χ1) is 23.1. The standard InChI is InChI=1S/C36H36ClN3O6S2/c1-5-44-29-18-23(8-13-28(29)45-15-14-20(2)3)31-30(32(41)24-9-12-27-25(17-24)16-21(4)46-27)33(42)34(43)40(31)35-38-39-36(48-35)47-19-22-6-10-26(37)11-7-22/h6-13,17-18,20-21,31,41H,5,14-16,19H2,1-4H3/t21-,31-/m1/s1. The molecule has 2 atom stereocenters. The van der Waals surface area contributed by atoms with E-state index in [2.05, 4.69) is 24.0 Å². The Labute approximate surface area is 292 Å². The molecule has 3 aromatic carbocycles. The Morgan fingerprint density at radius 3 is 2.62 bits per heavy atom. The molecule has 1 N–H and O–H groups in total. The molecule has 1 fully saturated rings. The molecule has 0 spiro atoms. The van der Waals surface area contributed by atoms with Gasteiger partial charge >= 0.3 is 5.91 Å². The highest BCUT2D eigenvalue weighted by Crippen LogP contribution is 2.46. The fourth-order valence-electron chi connectivity index (χ4n) is 5.64. The number of fused-ring (bicyclic) bond motifs is 1. The molecule has 0 aliphatic carbocycles. The third-order valence-corrected chi connectivity index (χ3v) is 10.4. The SMILES string of the molecule is CCOc1cc([C@@H]2C(=C(O)c3ccc4c(c3)C[C@@H](C)O4)C(=O)C(=O)N2c2nnc(SCc3ccc(Cl)cc3)s2)ccc1OCCC(C)C. The molecule has 4 aromatic rings.